The Morgan fingerprint density at radius 1 is 0.931 bits per heavy atom. The molecule has 0 fully saturated rings. The van der Waals surface area contributed by atoms with Gasteiger partial charge in [-0.2, -0.15) is 5.26 Å². The first-order valence-corrected chi connectivity index (χ1v) is 8.81. The Hall–Kier alpha value is -3.98. The van der Waals surface area contributed by atoms with E-state index in [1.165, 1.54) is 6.08 Å². The van der Waals surface area contributed by atoms with Crippen LogP contribution in [0.15, 0.2) is 60.2 Å². The molecule has 0 bridgehead atoms. The molecule has 0 spiro atoms. The SMILES string of the molecule is COc1ccc(NC(=O)/C(C#N)=C/c2c(OC)ccc3ccc(OC)cc23)cc1. The second-order valence-corrected chi connectivity index (χ2v) is 6.12. The Bertz CT molecular complexity index is 1110. The summed E-state index contributed by atoms with van der Waals surface area (Å²) in [7, 11) is 4.69. The molecule has 0 aliphatic heterocycles. The predicted octanol–water partition coefficient (Wildman–Crippen LogP) is 4.41. The van der Waals surface area contributed by atoms with Gasteiger partial charge in [0.1, 0.15) is 28.9 Å². The fraction of sp³-hybridized carbons (Fsp3) is 0.130. The van der Waals surface area contributed by atoms with Crippen LogP contribution in [0, 0.1) is 11.3 Å². The molecule has 3 rings (SSSR count). The smallest absolute Gasteiger partial charge is 0.266 e. The molecule has 0 aromatic heterocycles. The van der Waals surface area contributed by atoms with E-state index in [1.54, 1.807) is 51.7 Å². The van der Waals surface area contributed by atoms with Crippen LogP contribution in [0.3, 0.4) is 0 Å². The van der Waals surface area contributed by atoms with E-state index in [0.29, 0.717) is 28.5 Å². The zero-order valence-corrected chi connectivity index (χ0v) is 16.4. The number of fused-ring (bicyclic) bond motifs is 1. The van der Waals surface area contributed by atoms with Gasteiger partial charge in [0.05, 0.1) is 21.3 Å². The number of amides is 1. The molecule has 146 valence electrons. The summed E-state index contributed by atoms with van der Waals surface area (Å²) in [5.41, 5.74) is 1.14. The number of nitrogens with one attached hydrogen (secondary N) is 1. The highest BCUT2D eigenvalue weighted by Gasteiger charge is 2.14. The Labute approximate surface area is 168 Å². The third-order valence-corrected chi connectivity index (χ3v) is 4.45. The Morgan fingerprint density at radius 2 is 1.59 bits per heavy atom. The van der Waals surface area contributed by atoms with Crippen LogP contribution in [0.2, 0.25) is 0 Å². The number of nitriles is 1. The maximum Gasteiger partial charge on any atom is 0.266 e. The summed E-state index contributed by atoms with van der Waals surface area (Å²) in [5.74, 6) is 1.38. The molecular formula is C23H20N2O4. The molecule has 1 amide bonds. The normalized spacial score (nSPS) is 10.9. The van der Waals surface area contributed by atoms with Gasteiger partial charge in [0, 0.05) is 11.3 Å². The third kappa shape index (κ3) is 4.30. The molecule has 0 aliphatic carbocycles. The number of hydrogen-bond donors (Lipinski definition) is 1. The molecule has 0 atom stereocenters. The molecule has 0 unspecified atom stereocenters. The molecule has 0 saturated carbocycles. The number of carbonyl (C=O) groups excluding carboxylic acids is 1. The van der Waals surface area contributed by atoms with Crippen molar-refractivity contribution in [2.24, 2.45) is 0 Å². The minimum absolute atomic E-state index is 0.0468. The largest absolute Gasteiger partial charge is 0.497 e. The molecular weight excluding hydrogens is 368 g/mol. The zero-order chi connectivity index (χ0) is 20.8. The summed E-state index contributed by atoms with van der Waals surface area (Å²) < 4.78 is 15.9. The van der Waals surface area contributed by atoms with E-state index < -0.39 is 5.91 Å². The summed E-state index contributed by atoms with van der Waals surface area (Å²) >= 11 is 0. The van der Waals surface area contributed by atoms with Gasteiger partial charge in [-0.1, -0.05) is 12.1 Å². The van der Waals surface area contributed by atoms with Gasteiger partial charge < -0.3 is 19.5 Å². The average molecular weight is 388 g/mol. The number of anilines is 1. The van der Waals surface area contributed by atoms with E-state index in [2.05, 4.69) is 5.32 Å². The minimum Gasteiger partial charge on any atom is -0.497 e. The molecule has 3 aromatic rings. The summed E-state index contributed by atoms with van der Waals surface area (Å²) in [6.07, 6.45) is 1.53. The van der Waals surface area contributed by atoms with Crippen molar-refractivity contribution in [1.29, 1.82) is 5.26 Å². The first kappa shape index (κ1) is 19.8. The van der Waals surface area contributed by atoms with Crippen molar-refractivity contribution in [3.63, 3.8) is 0 Å². The molecule has 3 aromatic carbocycles. The number of hydrogen-bond acceptors (Lipinski definition) is 5. The lowest BCUT2D eigenvalue weighted by Gasteiger charge is -2.11. The maximum atomic E-state index is 12.7. The van der Waals surface area contributed by atoms with Gasteiger partial charge in [-0.25, -0.2) is 0 Å². The highest BCUT2D eigenvalue weighted by molar-refractivity contribution is 6.11. The lowest BCUT2D eigenvalue weighted by Crippen LogP contribution is -2.13. The van der Waals surface area contributed by atoms with Crippen molar-refractivity contribution >= 4 is 28.4 Å². The lowest BCUT2D eigenvalue weighted by atomic mass is 10.0. The Kier molecular flexibility index (Phi) is 6.00. The van der Waals surface area contributed by atoms with Crippen LogP contribution in [0.25, 0.3) is 16.8 Å². The number of benzene rings is 3. The standard InChI is InChI=1S/C23H20N2O4/c1-27-18-9-6-17(7-10-18)25-23(26)16(14-24)12-21-20-13-19(28-2)8-4-15(20)5-11-22(21)29-3/h4-13H,1-3H3,(H,25,26)/b16-12+. The molecule has 6 nitrogen and oxygen atoms in total. The van der Waals surface area contributed by atoms with Gasteiger partial charge in [0.15, 0.2) is 0 Å². The minimum atomic E-state index is -0.514. The molecule has 29 heavy (non-hydrogen) atoms. The van der Waals surface area contributed by atoms with Crippen LogP contribution in [-0.2, 0) is 4.79 Å². The zero-order valence-electron chi connectivity index (χ0n) is 16.4. The molecule has 0 radical (unpaired) electrons. The van der Waals surface area contributed by atoms with Crippen LogP contribution in [0.5, 0.6) is 17.2 Å². The summed E-state index contributed by atoms with van der Waals surface area (Å²) in [5, 5.41) is 14.1. The van der Waals surface area contributed by atoms with Gasteiger partial charge in [-0.15, -0.1) is 0 Å². The van der Waals surface area contributed by atoms with E-state index in [4.69, 9.17) is 14.2 Å². The third-order valence-electron chi connectivity index (χ3n) is 4.45. The van der Waals surface area contributed by atoms with Crippen LogP contribution in [0.4, 0.5) is 5.69 Å². The summed E-state index contributed by atoms with van der Waals surface area (Å²) in [6.45, 7) is 0. The number of methoxy groups -OCH3 is 3. The van der Waals surface area contributed by atoms with Gasteiger partial charge in [0.2, 0.25) is 0 Å². The average Bonchev–Trinajstić information content (AvgIpc) is 2.77. The molecule has 1 N–H and O–H groups in total. The Morgan fingerprint density at radius 3 is 2.21 bits per heavy atom. The monoisotopic (exact) mass is 388 g/mol. The second-order valence-electron chi connectivity index (χ2n) is 6.12. The van der Waals surface area contributed by atoms with Crippen molar-refractivity contribution in [2.45, 2.75) is 0 Å². The lowest BCUT2D eigenvalue weighted by molar-refractivity contribution is -0.112. The number of nitrogens with zero attached hydrogens (tertiary/aromatic N) is 1. The van der Waals surface area contributed by atoms with Crippen LogP contribution in [-0.4, -0.2) is 27.2 Å². The maximum absolute atomic E-state index is 12.7. The van der Waals surface area contributed by atoms with E-state index >= 15 is 0 Å². The highest BCUT2D eigenvalue weighted by atomic mass is 16.5. The quantitative estimate of drug-likeness (QED) is 0.500. The van der Waals surface area contributed by atoms with Crippen LogP contribution in [0.1, 0.15) is 5.56 Å². The van der Waals surface area contributed by atoms with E-state index in [1.807, 2.05) is 30.3 Å². The topological polar surface area (TPSA) is 80.6 Å². The second kappa shape index (κ2) is 8.81. The highest BCUT2D eigenvalue weighted by Crippen LogP contribution is 2.32. The van der Waals surface area contributed by atoms with Crippen molar-refractivity contribution in [1.82, 2.24) is 0 Å². The van der Waals surface area contributed by atoms with E-state index in [9.17, 15) is 10.1 Å². The van der Waals surface area contributed by atoms with Gasteiger partial charge in [-0.3, -0.25) is 4.79 Å². The first-order valence-electron chi connectivity index (χ1n) is 8.81. The van der Waals surface area contributed by atoms with Crippen molar-refractivity contribution in [3.8, 4) is 23.3 Å². The molecule has 0 aliphatic rings. The van der Waals surface area contributed by atoms with Crippen LogP contribution >= 0.6 is 0 Å². The molecule has 6 heteroatoms. The fourth-order valence-corrected chi connectivity index (χ4v) is 2.92. The summed E-state index contributed by atoms with van der Waals surface area (Å²) in [4.78, 5) is 12.7. The van der Waals surface area contributed by atoms with Crippen molar-refractivity contribution in [2.75, 3.05) is 26.6 Å². The van der Waals surface area contributed by atoms with Crippen molar-refractivity contribution in [3.05, 3.63) is 65.7 Å². The van der Waals surface area contributed by atoms with Gasteiger partial charge in [0.25, 0.3) is 5.91 Å². The van der Waals surface area contributed by atoms with Crippen molar-refractivity contribution < 1.29 is 19.0 Å². The van der Waals surface area contributed by atoms with E-state index in [0.717, 1.165) is 10.8 Å². The molecule has 0 heterocycles. The number of carbonyl (C=O) groups is 1. The first-order chi connectivity index (χ1) is 14.1. The van der Waals surface area contributed by atoms with Gasteiger partial charge >= 0.3 is 0 Å². The number of rotatable bonds is 6. The Balaban J connectivity index is 2.02. The summed E-state index contributed by atoms with van der Waals surface area (Å²) in [6, 6.07) is 18.2. The fourth-order valence-electron chi connectivity index (χ4n) is 2.92. The van der Waals surface area contributed by atoms with Gasteiger partial charge in [-0.05, 0) is 59.3 Å². The molecule has 0 saturated heterocycles. The number of ether oxygens (including phenoxy) is 3. The predicted molar refractivity (Wildman–Crippen MR) is 112 cm³/mol. The van der Waals surface area contributed by atoms with Crippen LogP contribution < -0.4 is 19.5 Å². The van der Waals surface area contributed by atoms with E-state index in [-0.39, 0.29) is 5.57 Å².